The SMILES string of the molecule is Clc1ccc(CONC(=Cn2cncn2)c2ccc(Cl)cc2Cl)c(Cl)c1. The Balaban J connectivity index is 1.80. The Morgan fingerprint density at radius 2 is 1.77 bits per heavy atom. The van der Waals surface area contributed by atoms with Crippen molar-refractivity contribution < 1.29 is 4.84 Å². The summed E-state index contributed by atoms with van der Waals surface area (Å²) in [6.07, 6.45) is 4.65. The molecule has 0 bridgehead atoms. The van der Waals surface area contributed by atoms with Crippen molar-refractivity contribution in [1.82, 2.24) is 20.2 Å². The number of hydroxylamine groups is 1. The minimum absolute atomic E-state index is 0.218. The number of aromatic nitrogens is 3. The Kier molecular flexibility index (Phi) is 6.40. The molecular weight excluding hydrogens is 418 g/mol. The lowest BCUT2D eigenvalue weighted by Gasteiger charge is -2.14. The standard InChI is InChI=1S/C17H12Cl4N4O/c18-12-2-1-11(15(20)5-12)8-26-24-17(7-25-10-22-9-23-25)14-4-3-13(19)6-16(14)21/h1-7,9-10,24H,8H2. The third kappa shape index (κ3) is 4.90. The zero-order chi connectivity index (χ0) is 18.5. The van der Waals surface area contributed by atoms with Gasteiger partial charge in [-0.15, -0.1) is 0 Å². The minimum Gasteiger partial charge on any atom is -0.271 e. The fourth-order valence-corrected chi connectivity index (χ4v) is 3.08. The van der Waals surface area contributed by atoms with Gasteiger partial charge in [0.1, 0.15) is 19.3 Å². The Morgan fingerprint density at radius 1 is 1.04 bits per heavy atom. The molecule has 5 nitrogen and oxygen atoms in total. The van der Waals surface area contributed by atoms with E-state index in [0.717, 1.165) is 5.56 Å². The molecule has 0 radical (unpaired) electrons. The molecule has 2 aromatic carbocycles. The molecule has 3 aromatic rings. The maximum absolute atomic E-state index is 6.30. The Labute approximate surface area is 170 Å². The van der Waals surface area contributed by atoms with Crippen molar-refractivity contribution in [2.45, 2.75) is 6.61 Å². The van der Waals surface area contributed by atoms with Gasteiger partial charge in [-0.1, -0.05) is 52.5 Å². The van der Waals surface area contributed by atoms with E-state index in [-0.39, 0.29) is 6.61 Å². The molecule has 1 N–H and O–H groups in total. The van der Waals surface area contributed by atoms with Gasteiger partial charge in [0.15, 0.2) is 0 Å². The zero-order valence-corrected chi connectivity index (χ0v) is 16.2. The van der Waals surface area contributed by atoms with Gasteiger partial charge in [-0.05, 0) is 35.9 Å². The van der Waals surface area contributed by atoms with Crippen LogP contribution in [-0.2, 0) is 11.4 Å². The largest absolute Gasteiger partial charge is 0.271 e. The number of nitrogens with one attached hydrogen (secondary N) is 1. The monoisotopic (exact) mass is 428 g/mol. The van der Waals surface area contributed by atoms with Crippen LogP contribution in [0.3, 0.4) is 0 Å². The van der Waals surface area contributed by atoms with Crippen LogP contribution in [0.15, 0.2) is 49.1 Å². The lowest BCUT2D eigenvalue weighted by atomic mass is 10.2. The number of benzene rings is 2. The van der Waals surface area contributed by atoms with E-state index in [1.807, 2.05) is 0 Å². The van der Waals surface area contributed by atoms with Gasteiger partial charge in [0.2, 0.25) is 0 Å². The average Bonchev–Trinajstić information content (AvgIpc) is 3.09. The van der Waals surface area contributed by atoms with Gasteiger partial charge >= 0.3 is 0 Å². The molecule has 9 heteroatoms. The minimum atomic E-state index is 0.218. The van der Waals surface area contributed by atoms with Crippen molar-refractivity contribution in [2.24, 2.45) is 0 Å². The quantitative estimate of drug-likeness (QED) is 0.520. The first kappa shape index (κ1) is 19.0. The molecule has 0 fully saturated rings. The molecule has 0 aliphatic rings. The van der Waals surface area contributed by atoms with Crippen LogP contribution in [-0.4, -0.2) is 14.8 Å². The highest BCUT2D eigenvalue weighted by atomic mass is 35.5. The van der Waals surface area contributed by atoms with E-state index in [4.69, 9.17) is 51.2 Å². The highest BCUT2D eigenvalue weighted by Gasteiger charge is 2.09. The van der Waals surface area contributed by atoms with Crippen molar-refractivity contribution in [1.29, 1.82) is 0 Å². The summed E-state index contributed by atoms with van der Waals surface area (Å²) in [5, 5.41) is 6.13. The maximum atomic E-state index is 6.30. The van der Waals surface area contributed by atoms with Crippen molar-refractivity contribution in [3.8, 4) is 0 Å². The molecule has 0 spiro atoms. The highest BCUT2D eigenvalue weighted by Crippen LogP contribution is 2.27. The van der Waals surface area contributed by atoms with Gasteiger partial charge in [-0.25, -0.2) is 9.67 Å². The van der Waals surface area contributed by atoms with E-state index in [1.165, 1.54) is 11.0 Å². The first-order valence-electron chi connectivity index (χ1n) is 7.36. The highest BCUT2D eigenvalue weighted by molar-refractivity contribution is 6.36. The molecule has 0 saturated carbocycles. The van der Waals surface area contributed by atoms with Crippen LogP contribution in [0.5, 0.6) is 0 Å². The average molecular weight is 430 g/mol. The van der Waals surface area contributed by atoms with Crippen molar-refractivity contribution in [2.75, 3.05) is 0 Å². The summed E-state index contributed by atoms with van der Waals surface area (Å²) in [7, 11) is 0. The van der Waals surface area contributed by atoms with Gasteiger partial charge in [0, 0.05) is 20.6 Å². The van der Waals surface area contributed by atoms with Crippen LogP contribution in [0.25, 0.3) is 11.9 Å². The maximum Gasteiger partial charge on any atom is 0.138 e. The van der Waals surface area contributed by atoms with Crippen molar-refractivity contribution >= 4 is 58.3 Å². The van der Waals surface area contributed by atoms with E-state index >= 15 is 0 Å². The molecule has 1 aromatic heterocycles. The summed E-state index contributed by atoms with van der Waals surface area (Å²) in [6, 6.07) is 10.3. The summed E-state index contributed by atoms with van der Waals surface area (Å²) in [6.45, 7) is 0.218. The van der Waals surface area contributed by atoms with Crippen LogP contribution >= 0.6 is 46.4 Å². The second kappa shape index (κ2) is 8.75. The van der Waals surface area contributed by atoms with Crippen molar-refractivity contribution in [3.63, 3.8) is 0 Å². The van der Waals surface area contributed by atoms with Crippen LogP contribution in [0, 0.1) is 0 Å². The predicted octanol–water partition coefficient (Wildman–Crippen LogP) is 5.57. The molecule has 0 amide bonds. The Bertz CT molecular complexity index is 929. The van der Waals surface area contributed by atoms with Gasteiger partial charge in [0.05, 0.1) is 16.9 Å². The van der Waals surface area contributed by atoms with Crippen LogP contribution in [0.2, 0.25) is 20.1 Å². The van der Waals surface area contributed by atoms with E-state index in [9.17, 15) is 0 Å². The number of hydrogen-bond acceptors (Lipinski definition) is 4. The summed E-state index contributed by atoms with van der Waals surface area (Å²) in [5.41, 5.74) is 4.92. The number of rotatable bonds is 6. The molecule has 0 unspecified atom stereocenters. The van der Waals surface area contributed by atoms with Crippen LogP contribution in [0.1, 0.15) is 11.1 Å². The fraction of sp³-hybridized carbons (Fsp3) is 0.0588. The number of nitrogens with zero attached hydrogens (tertiary/aromatic N) is 3. The molecule has 0 saturated heterocycles. The topological polar surface area (TPSA) is 52.0 Å². The third-order valence-electron chi connectivity index (χ3n) is 3.34. The molecule has 0 atom stereocenters. The molecule has 134 valence electrons. The van der Waals surface area contributed by atoms with E-state index in [0.29, 0.717) is 31.4 Å². The molecule has 26 heavy (non-hydrogen) atoms. The molecule has 0 aliphatic carbocycles. The molecule has 0 aliphatic heterocycles. The summed E-state index contributed by atoms with van der Waals surface area (Å²) < 4.78 is 1.52. The zero-order valence-electron chi connectivity index (χ0n) is 13.2. The smallest absolute Gasteiger partial charge is 0.138 e. The second-order valence-electron chi connectivity index (χ2n) is 5.17. The van der Waals surface area contributed by atoms with Crippen molar-refractivity contribution in [3.05, 3.63) is 80.3 Å². The lowest BCUT2D eigenvalue weighted by molar-refractivity contribution is 0.0649. The second-order valence-corrected chi connectivity index (χ2v) is 6.86. The Morgan fingerprint density at radius 3 is 2.42 bits per heavy atom. The lowest BCUT2D eigenvalue weighted by Crippen LogP contribution is -2.14. The van der Waals surface area contributed by atoms with Crippen LogP contribution in [0.4, 0.5) is 0 Å². The molecular formula is C17H12Cl4N4O. The van der Waals surface area contributed by atoms with Gasteiger partial charge in [-0.3, -0.25) is 10.3 Å². The number of halogens is 4. The summed E-state index contributed by atoms with van der Waals surface area (Å²) in [4.78, 5) is 9.50. The third-order valence-corrected chi connectivity index (χ3v) is 4.48. The van der Waals surface area contributed by atoms with Gasteiger partial charge < -0.3 is 0 Å². The Hall–Kier alpha value is -1.76. The first-order chi connectivity index (χ1) is 12.5. The number of hydrogen-bond donors (Lipinski definition) is 1. The fourth-order valence-electron chi connectivity index (χ4n) is 2.11. The van der Waals surface area contributed by atoms with Gasteiger partial charge in [0.25, 0.3) is 0 Å². The van der Waals surface area contributed by atoms with E-state index in [1.54, 1.807) is 48.9 Å². The summed E-state index contributed by atoms with van der Waals surface area (Å²) >= 11 is 24.3. The molecule has 1 heterocycles. The summed E-state index contributed by atoms with van der Waals surface area (Å²) in [5.74, 6) is 0. The van der Waals surface area contributed by atoms with E-state index < -0.39 is 0 Å². The van der Waals surface area contributed by atoms with Crippen LogP contribution < -0.4 is 5.48 Å². The molecule has 3 rings (SSSR count). The normalized spacial score (nSPS) is 11.6. The predicted molar refractivity (Wildman–Crippen MR) is 105 cm³/mol. The first-order valence-corrected chi connectivity index (χ1v) is 8.87. The van der Waals surface area contributed by atoms with E-state index in [2.05, 4.69) is 15.6 Å². The van der Waals surface area contributed by atoms with Gasteiger partial charge in [-0.2, -0.15) is 5.10 Å².